The van der Waals surface area contributed by atoms with E-state index < -0.39 is 17.5 Å². The number of hydrogen-bond acceptors (Lipinski definition) is 4. The predicted octanol–water partition coefficient (Wildman–Crippen LogP) is 4.30. The zero-order valence-corrected chi connectivity index (χ0v) is 18.0. The molecule has 1 amide bonds. The van der Waals surface area contributed by atoms with Crippen LogP contribution in [0.5, 0.6) is 0 Å². The number of rotatable bonds is 6. The molecule has 0 aliphatic carbocycles. The Balaban J connectivity index is 1.44. The first kappa shape index (κ1) is 20.8. The first-order valence-corrected chi connectivity index (χ1v) is 10.5. The van der Waals surface area contributed by atoms with Gasteiger partial charge in [-0.05, 0) is 37.4 Å². The molecule has 0 atom stereocenters. The highest BCUT2D eigenvalue weighted by Gasteiger charge is 2.36. The van der Waals surface area contributed by atoms with E-state index in [-0.39, 0.29) is 12.2 Å². The van der Waals surface area contributed by atoms with Crippen molar-refractivity contribution in [2.75, 3.05) is 18.6 Å². The van der Waals surface area contributed by atoms with Gasteiger partial charge in [-0.25, -0.2) is 9.07 Å². The number of benzene rings is 3. The van der Waals surface area contributed by atoms with Crippen LogP contribution in [-0.4, -0.2) is 40.1 Å². The molecule has 0 bridgehead atoms. The Morgan fingerprint density at radius 1 is 0.939 bits per heavy atom. The van der Waals surface area contributed by atoms with Crippen molar-refractivity contribution in [1.29, 1.82) is 0 Å². The number of aromatic nitrogens is 2. The number of carbonyl (C=O) groups is 2. The third kappa shape index (κ3) is 3.94. The minimum Gasteiger partial charge on any atom is -0.291 e. The zero-order valence-electron chi connectivity index (χ0n) is 18.0. The zero-order chi connectivity index (χ0) is 22.9. The van der Waals surface area contributed by atoms with Crippen LogP contribution in [0.1, 0.15) is 15.9 Å². The third-order valence-electron chi connectivity index (χ3n) is 5.61. The lowest BCUT2D eigenvalue weighted by Gasteiger charge is -2.24. The fourth-order valence-electron chi connectivity index (χ4n) is 4.07. The van der Waals surface area contributed by atoms with E-state index in [1.165, 1.54) is 17.0 Å². The van der Waals surface area contributed by atoms with Crippen LogP contribution in [0.15, 0.2) is 85.1 Å². The fraction of sp³-hybridized carbons (Fsp3) is 0.115. The second kappa shape index (κ2) is 8.44. The van der Waals surface area contributed by atoms with Gasteiger partial charge in [0.25, 0.3) is 5.78 Å². The quantitative estimate of drug-likeness (QED) is 0.420. The summed E-state index contributed by atoms with van der Waals surface area (Å²) in [6.45, 7) is 0.680. The summed E-state index contributed by atoms with van der Waals surface area (Å²) in [5.74, 6) is -1.86. The van der Waals surface area contributed by atoms with Gasteiger partial charge in [0.2, 0.25) is 0 Å². The van der Waals surface area contributed by atoms with Gasteiger partial charge < -0.3 is 0 Å². The van der Waals surface area contributed by atoms with E-state index in [1.807, 2.05) is 83.5 Å². The molecular weight excluding hydrogens is 419 g/mol. The van der Waals surface area contributed by atoms with Crippen molar-refractivity contribution in [3.63, 3.8) is 0 Å². The smallest absolute Gasteiger partial charge is 0.291 e. The number of halogens is 1. The lowest BCUT2D eigenvalue weighted by Crippen LogP contribution is -2.38. The molecule has 0 saturated heterocycles. The average molecular weight is 440 g/mol. The van der Waals surface area contributed by atoms with Crippen LogP contribution in [0, 0.1) is 5.82 Å². The molecule has 164 valence electrons. The van der Waals surface area contributed by atoms with Gasteiger partial charge in [-0.2, -0.15) is 5.10 Å². The van der Waals surface area contributed by atoms with E-state index in [9.17, 15) is 14.0 Å². The standard InChI is InChI=1S/C26H21FN4O2/c1-29(17-30-23-13-12-20(27)14-22(23)25(32)26(30)33)15-19-16-31(21-10-6-3-7-11-21)28-24(19)18-8-4-2-5-9-18/h2-14,16H,15,17H2,1H3. The SMILES string of the molecule is CN(Cc1cn(-c2ccccc2)nc1-c1ccccc1)CN1C(=O)C(=O)c2cc(F)ccc21. The van der Waals surface area contributed by atoms with Crippen LogP contribution in [0.4, 0.5) is 10.1 Å². The highest BCUT2D eigenvalue weighted by atomic mass is 19.1. The maximum Gasteiger partial charge on any atom is 0.300 e. The molecule has 6 nitrogen and oxygen atoms in total. The summed E-state index contributed by atoms with van der Waals surface area (Å²) in [7, 11) is 1.87. The fourth-order valence-corrected chi connectivity index (χ4v) is 4.07. The molecule has 3 aromatic carbocycles. The molecule has 2 heterocycles. The number of anilines is 1. The monoisotopic (exact) mass is 440 g/mol. The van der Waals surface area contributed by atoms with E-state index in [0.717, 1.165) is 28.6 Å². The van der Waals surface area contributed by atoms with Crippen molar-refractivity contribution in [2.45, 2.75) is 6.54 Å². The number of nitrogens with zero attached hydrogens (tertiary/aromatic N) is 4. The first-order chi connectivity index (χ1) is 16.0. The lowest BCUT2D eigenvalue weighted by atomic mass is 10.1. The molecule has 0 radical (unpaired) electrons. The summed E-state index contributed by atoms with van der Waals surface area (Å²) in [4.78, 5) is 28.2. The molecule has 0 unspecified atom stereocenters. The van der Waals surface area contributed by atoms with Crippen LogP contribution < -0.4 is 4.90 Å². The average Bonchev–Trinajstić information content (AvgIpc) is 3.35. The van der Waals surface area contributed by atoms with Crippen LogP contribution in [-0.2, 0) is 11.3 Å². The Hall–Kier alpha value is -4.10. The van der Waals surface area contributed by atoms with Crippen molar-refractivity contribution in [3.05, 3.63) is 102 Å². The predicted molar refractivity (Wildman–Crippen MR) is 124 cm³/mol. The molecule has 4 aromatic rings. The van der Waals surface area contributed by atoms with Crippen molar-refractivity contribution in [2.24, 2.45) is 0 Å². The molecule has 0 fully saturated rings. The van der Waals surface area contributed by atoms with Crippen LogP contribution in [0.2, 0.25) is 0 Å². The minimum absolute atomic E-state index is 0.107. The molecule has 7 heteroatoms. The van der Waals surface area contributed by atoms with E-state index >= 15 is 0 Å². The first-order valence-electron chi connectivity index (χ1n) is 10.5. The molecule has 0 spiro atoms. The molecule has 1 aliphatic rings. The normalized spacial score (nSPS) is 13.1. The van der Waals surface area contributed by atoms with Crippen LogP contribution >= 0.6 is 0 Å². The van der Waals surface area contributed by atoms with Gasteiger partial charge in [0.1, 0.15) is 5.82 Å². The summed E-state index contributed by atoms with van der Waals surface area (Å²) < 4.78 is 15.4. The van der Waals surface area contributed by atoms with Crippen molar-refractivity contribution in [3.8, 4) is 16.9 Å². The molecule has 1 aliphatic heterocycles. The van der Waals surface area contributed by atoms with Crippen molar-refractivity contribution in [1.82, 2.24) is 14.7 Å². The van der Waals surface area contributed by atoms with E-state index in [2.05, 4.69) is 0 Å². The highest BCUT2D eigenvalue weighted by molar-refractivity contribution is 6.52. The second-order valence-electron chi connectivity index (χ2n) is 8.03. The summed E-state index contributed by atoms with van der Waals surface area (Å²) in [6, 6.07) is 23.6. The maximum atomic E-state index is 13.6. The Labute approximate surface area is 190 Å². The molecule has 0 saturated carbocycles. The third-order valence-corrected chi connectivity index (χ3v) is 5.61. The Bertz CT molecular complexity index is 1340. The lowest BCUT2D eigenvalue weighted by molar-refractivity contribution is -0.114. The van der Waals surface area contributed by atoms with Gasteiger partial charge in [0, 0.05) is 23.9 Å². The minimum atomic E-state index is -0.681. The number of ketones is 1. The van der Waals surface area contributed by atoms with Crippen LogP contribution in [0.3, 0.4) is 0 Å². The largest absolute Gasteiger partial charge is 0.300 e. The van der Waals surface area contributed by atoms with Gasteiger partial charge in [0.05, 0.1) is 29.3 Å². The van der Waals surface area contributed by atoms with E-state index in [4.69, 9.17) is 5.10 Å². The summed E-state index contributed by atoms with van der Waals surface area (Å²) in [6.07, 6.45) is 1.98. The topological polar surface area (TPSA) is 58.4 Å². The number of fused-ring (bicyclic) bond motifs is 1. The molecular formula is C26H21FN4O2. The van der Waals surface area contributed by atoms with E-state index in [1.54, 1.807) is 0 Å². The van der Waals surface area contributed by atoms with Crippen LogP contribution in [0.25, 0.3) is 16.9 Å². The second-order valence-corrected chi connectivity index (χ2v) is 8.03. The summed E-state index contributed by atoms with van der Waals surface area (Å²) >= 11 is 0. The summed E-state index contributed by atoms with van der Waals surface area (Å²) in [5, 5.41) is 4.82. The summed E-state index contributed by atoms with van der Waals surface area (Å²) in [5.41, 5.74) is 4.29. The highest BCUT2D eigenvalue weighted by Crippen LogP contribution is 2.30. The number of amides is 1. The Morgan fingerprint density at radius 2 is 1.64 bits per heavy atom. The molecule has 0 N–H and O–H groups in total. The van der Waals surface area contributed by atoms with E-state index in [0.29, 0.717) is 12.2 Å². The van der Waals surface area contributed by atoms with Gasteiger partial charge in [-0.1, -0.05) is 48.5 Å². The van der Waals surface area contributed by atoms with Crippen molar-refractivity contribution < 1.29 is 14.0 Å². The maximum absolute atomic E-state index is 13.6. The molecule has 1 aromatic heterocycles. The van der Waals surface area contributed by atoms with Crippen molar-refractivity contribution >= 4 is 17.4 Å². The number of Topliss-reactive ketones (excluding diaryl/α,β-unsaturated/α-hetero) is 1. The Kier molecular flexibility index (Phi) is 5.32. The molecule has 5 rings (SSSR count). The van der Waals surface area contributed by atoms with Gasteiger partial charge in [-0.15, -0.1) is 0 Å². The van der Waals surface area contributed by atoms with Gasteiger partial charge in [0.15, 0.2) is 0 Å². The number of carbonyl (C=O) groups excluding carboxylic acids is 2. The molecule has 33 heavy (non-hydrogen) atoms. The van der Waals surface area contributed by atoms with Gasteiger partial charge in [-0.3, -0.25) is 19.4 Å². The number of hydrogen-bond donors (Lipinski definition) is 0. The van der Waals surface area contributed by atoms with Gasteiger partial charge >= 0.3 is 5.91 Å². The number of para-hydroxylation sites is 1. The Morgan fingerprint density at radius 3 is 2.36 bits per heavy atom.